The molecule has 0 aliphatic carbocycles. The molecule has 0 radical (unpaired) electrons. The summed E-state index contributed by atoms with van der Waals surface area (Å²) in [6.45, 7) is 0.280. The van der Waals surface area contributed by atoms with Gasteiger partial charge in [-0.1, -0.05) is 18.3 Å². The molecule has 6 heteroatoms. The first-order chi connectivity index (χ1) is 7.93. The van der Waals surface area contributed by atoms with Gasteiger partial charge in [0.1, 0.15) is 17.1 Å². The summed E-state index contributed by atoms with van der Waals surface area (Å²) < 4.78 is 13.4. The largest absolute Gasteiger partial charge is 0.507 e. The Morgan fingerprint density at radius 1 is 1.59 bits per heavy atom. The van der Waals surface area contributed by atoms with Crippen LogP contribution in [0.2, 0.25) is 0 Å². The average molecular weight is 256 g/mol. The highest BCUT2D eigenvalue weighted by Crippen LogP contribution is 2.21. The highest BCUT2D eigenvalue weighted by Gasteiger charge is 2.19. The van der Waals surface area contributed by atoms with Gasteiger partial charge in [0.25, 0.3) is 5.91 Å². The summed E-state index contributed by atoms with van der Waals surface area (Å²) in [7, 11) is 1.49. The van der Waals surface area contributed by atoms with Crippen LogP contribution in [0.5, 0.6) is 5.75 Å². The van der Waals surface area contributed by atoms with Crippen LogP contribution >= 0.6 is 12.2 Å². The molecule has 0 aliphatic rings. The van der Waals surface area contributed by atoms with E-state index in [1.54, 1.807) is 0 Å². The van der Waals surface area contributed by atoms with E-state index in [1.165, 1.54) is 24.1 Å². The lowest BCUT2D eigenvalue weighted by atomic mass is 10.1. The summed E-state index contributed by atoms with van der Waals surface area (Å²) in [5.74, 6) is -1.73. The van der Waals surface area contributed by atoms with Gasteiger partial charge in [-0.25, -0.2) is 4.39 Å². The number of hydrogen-bond acceptors (Lipinski definition) is 3. The number of amides is 1. The lowest BCUT2D eigenvalue weighted by Gasteiger charge is -2.17. The highest BCUT2D eigenvalue weighted by molar-refractivity contribution is 7.80. The molecule has 1 aromatic rings. The van der Waals surface area contributed by atoms with Crippen LogP contribution in [0.4, 0.5) is 4.39 Å². The van der Waals surface area contributed by atoms with Crippen molar-refractivity contribution >= 4 is 23.1 Å². The van der Waals surface area contributed by atoms with Crippen LogP contribution in [-0.2, 0) is 0 Å². The third-order valence-corrected chi connectivity index (χ3v) is 2.45. The zero-order valence-corrected chi connectivity index (χ0v) is 10.1. The summed E-state index contributed by atoms with van der Waals surface area (Å²) in [5.41, 5.74) is 4.97. The molecule has 4 nitrogen and oxygen atoms in total. The van der Waals surface area contributed by atoms with Gasteiger partial charge in [-0.2, -0.15) is 0 Å². The zero-order valence-electron chi connectivity index (χ0n) is 9.31. The number of phenolic OH excluding ortho intramolecular Hbond substituents is 1. The van der Waals surface area contributed by atoms with Crippen molar-refractivity contribution in [3.8, 4) is 5.75 Å². The molecule has 0 aliphatic heterocycles. The molecule has 1 rings (SSSR count). The van der Waals surface area contributed by atoms with Crippen LogP contribution in [0.3, 0.4) is 0 Å². The molecule has 0 fully saturated rings. The van der Waals surface area contributed by atoms with E-state index >= 15 is 0 Å². The van der Waals surface area contributed by atoms with E-state index in [9.17, 15) is 14.3 Å². The fraction of sp³-hybridized carbons (Fsp3) is 0.273. The number of halogens is 1. The minimum atomic E-state index is -0.753. The summed E-state index contributed by atoms with van der Waals surface area (Å²) in [4.78, 5) is 13.4. The lowest BCUT2D eigenvalue weighted by molar-refractivity contribution is 0.0791. The van der Waals surface area contributed by atoms with Gasteiger partial charge in [-0.3, -0.25) is 4.79 Å². The Labute approximate surface area is 104 Å². The Morgan fingerprint density at radius 3 is 2.76 bits per heavy atom. The Kier molecular flexibility index (Phi) is 4.39. The van der Waals surface area contributed by atoms with Gasteiger partial charge >= 0.3 is 0 Å². The lowest BCUT2D eigenvalue weighted by Crippen LogP contribution is -2.30. The summed E-state index contributed by atoms with van der Waals surface area (Å²) in [6, 6.07) is 3.71. The van der Waals surface area contributed by atoms with Crippen LogP contribution in [0.25, 0.3) is 0 Å². The van der Waals surface area contributed by atoms with E-state index in [0.29, 0.717) is 6.42 Å². The molecule has 17 heavy (non-hydrogen) atoms. The number of nitrogens with two attached hydrogens (primary N) is 1. The number of rotatable bonds is 4. The molecule has 1 aromatic carbocycles. The number of carbonyl (C=O) groups is 1. The fourth-order valence-electron chi connectivity index (χ4n) is 1.29. The average Bonchev–Trinajstić information content (AvgIpc) is 2.25. The highest BCUT2D eigenvalue weighted by atomic mass is 32.1. The van der Waals surface area contributed by atoms with E-state index in [0.717, 1.165) is 6.07 Å². The first-order valence-corrected chi connectivity index (χ1v) is 5.35. The minimum absolute atomic E-state index is 0.280. The van der Waals surface area contributed by atoms with Gasteiger partial charge in [0.2, 0.25) is 0 Å². The van der Waals surface area contributed by atoms with E-state index in [2.05, 4.69) is 12.2 Å². The molecular weight excluding hydrogens is 243 g/mol. The number of thiocarbonyl (C=S) groups is 1. The molecule has 0 heterocycles. The van der Waals surface area contributed by atoms with Gasteiger partial charge in [0.05, 0.1) is 4.99 Å². The van der Waals surface area contributed by atoms with E-state index in [-0.39, 0.29) is 22.8 Å². The van der Waals surface area contributed by atoms with Crippen LogP contribution in [0.1, 0.15) is 16.8 Å². The first-order valence-electron chi connectivity index (χ1n) is 4.94. The predicted molar refractivity (Wildman–Crippen MR) is 66.4 cm³/mol. The van der Waals surface area contributed by atoms with Crippen molar-refractivity contribution in [2.45, 2.75) is 6.42 Å². The Bertz CT molecular complexity index is 431. The Balaban J connectivity index is 2.85. The maximum atomic E-state index is 13.4. The quantitative estimate of drug-likeness (QED) is 0.796. The number of aromatic hydroxyl groups is 1. The summed E-state index contributed by atoms with van der Waals surface area (Å²) >= 11 is 4.69. The monoisotopic (exact) mass is 256 g/mol. The van der Waals surface area contributed by atoms with Crippen LogP contribution in [0, 0.1) is 5.82 Å². The Hall–Kier alpha value is -1.69. The van der Waals surface area contributed by atoms with Gasteiger partial charge in [-0.05, 0) is 12.1 Å². The third kappa shape index (κ3) is 3.39. The predicted octanol–water partition coefficient (Wildman–Crippen LogP) is 1.28. The second-order valence-electron chi connectivity index (χ2n) is 3.58. The van der Waals surface area contributed by atoms with Crippen molar-refractivity contribution in [3.05, 3.63) is 29.6 Å². The van der Waals surface area contributed by atoms with Crippen LogP contribution < -0.4 is 5.73 Å². The normalized spacial score (nSPS) is 10.0. The maximum Gasteiger partial charge on any atom is 0.260 e. The van der Waals surface area contributed by atoms with E-state index in [4.69, 9.17) is 5.73 Å². The molecule has 0 unspecified atom stereocenters. The molecule has 0 saturated carbocycles. The number of hydrogen-bond donors (Lipinski definition) is 2. The second kappa shape index (κ2) is 5.58. The van der Waals surface area contributed by atoms with Crippen molar-refractivity contribution in [1.29, 1.82) is 0 Å². The molecule has 0 bridgehead atoms. The topological polar surface area (TPSA) is 66.6 Å². The number of phenols is 1. The molecular formula is C11H13FN2O2S. The smallest absolute Gasteiger partial charge is 0.260 e. The van der Waals surface area contributed by atoms with E-state index < -0.39 is 11.7 Å². The third-order valence-electron chi connectivity index (χ3n) is 2.25. The van der Waals surface area contributed by atoms with Crippen molar-refractivity contribution in [2.75, 3.05) is 13.6 Å². The first kappa shape index (κ1) is 13.4. The molecule has 1 amide bonds. The SMILES string of the molecule is CN(CCC(N)=S)C(=O)c1c(O)cccc1F. The molecule has 92 valence electrons. The fourth-order valence-corrected chi connectivity index (χ4v) is 1.39. The van der Waals surface area contributed by atoms with Gasteiger partial charge in [0, 0.05) is 20.0 Å². The number of nitrogens with zero attached hydrogens (tertiary/aromatic N) is 1. The Morgan fingerprint density at radius 2 is 2.24 bits per heavy atom. The molecule has 0 atom stereocenters. The zero-order chi connectivity index (χ0) is 13.0. The number of carbonyl (C=O) groups excluding carboxylic acids is 1. The van der Waals surface area contributed by atoms with E-state index in [1.807, 2.05) is 0 Å². The number of benzene rings is 1. The van der Waals surface area contributed by atoms with Crippen molar-refractivity contribution < 1.29 is 14.3 Å². The van der Waals surface area contributed by atoms with Gasteiger partial charge < -0.3 is 15.7 Å². The van der Waals surface area contributed by atoms with Crippen molar-refractivity contribution in [3.63, 3.8) is 0 Å². The standard InChI is InChI=1S/C11H13FN2O2S/c1-14(6-5-9(13)17)11(16)10-7(12)3-2-4-8(10)15/h2-4,15H,5-6H2,1H3,(H2,13,17). The van der Waals surface area contributed by atoms with Gasteiger partial charge in [-0.15, -0.1) is 0 Å². The van der Waals surface area contributed by atoms with Crippen molar-refractivity contribution in [1.82, 2.24) is 4.90 Å². The summed E-state index contributed by atoms with van der Waals surface area (Å²) in [6.07, 6.45) is 0.354. The van der Waals surface area contributed by atoms with Crippen LogP contribution in [-0.4, -0.2) is 34.5 Å². The minimum Gasteiger partial charge on any atom is -0.507 e. The molecule has 0 spiro atoms. The molecule has 0 saturated heterocycles. The van der Waals surface area contributed by atoms with Crippen LogP contribution in [0.15, 0.2) is 18.2 Å². The summed E-state index contributed by atoms with van der Waals surface area (Å²) in [5, 5.41) is 9.45. The maximum absolute atomic E-state index is 13.4. The second-order valence-corrected chi connectivity index (χ2v) is 4.10. The van der Waals surface area contributed by atoms with Crippen molar-refractivity contribution in [2.24, 2.45) is 5.73 Å². The van der Waals surface area contributed by atoms with Gasteiger partial charge in [0.15, 0.2) is 0 Å². The molecule has 3 N–H and O–H groups in total. The molecule has 0 aromatic heterocycles.